The zero-order valence-corrected chi connectivity index (χ0v) is 13.1. The fraction of sp³-hybridized carbons (Fsp3) is 1.00. The van der Waals surface area contributed by atoms with Crippen LogP contribution in [0.1, 0.15) is 54.9 Å². The van der Waals surface area contributed by atoms with Gasteiger partial charge >= 0.3 is 0 Å². The fourth-order valence-corrected chi connectivity index (χ4v) is 2.38. The lowest BCUT2D eigenvalue weighted by molar-refractivity contribution is 0.211. The molecule has 0 aromatic carbocycles. The van der Waals surface area contributed by atoms with E-state index in [1.54, 1.807) is 0 Å². The summed E-state index contributed by atoms with van der Waals surface area (Å²) in [6.45, 7) is 17.2. The molecular weight excluding hydrogens is 214 g/mol. The lowest BCUT2D eigenvalue weighted by Gasteiger charge is -2.34. The van der Waals surface area contributed by atoms with Gasteiger partial charge in [0.15, 0.2) is 0 Å². The predicted octanol–water partition coefficient (Wildman–Crippen LogP) is 4.18. The molecule has 0 bridgehead atoms. The molecule has 0 aliphatic rings. The minimum atomic E-state index is 0.237. The Bertz CT molecular complexity index is 176. The largest absolute Gasteiger partial charge is 0.312 e. The molecule has 1 nitrogen and oxygen atoms in total. The summed E-state index contributed by atoms with van der Waals surface area (Å²) >= 11 is 2.06. The Balaban J connectivity index is 4.12. The minimum absolute atomic E-state index is 0.237. The van der Waals surface area contributed by atoms with E-state index in [0.717, 1.165) is 12.5 Å². The Labute approximate surface area is 107 Å². The molecule has 0 rings (SSSR count). The summed E-state index contributed by atoms with van der Waals surface area (Å²) < 4.78 is 0. The van der Waals surface area contributed by atoms with Crippen molar-refractivity contribution in [1.29, 1.82) is 0 Å². The van der Waals surface area contributed by atoms with Gasteiger partial charge in [0.1, 0.15) is 0 Å². The van der Waals surface area contributed by atoms with E-state index in [1.165, 1.54) is 17.9 Å². The van der Waals surface area contributed by atoms with E-state index in [1.807, 2.05) is 0 Å². The van der Waals surface area contributed by atoms with Crippen molar-refractivity contribution in [3.8, 4) is 0 Å². The van der Waals surface area contributed by atoms with E-state index >= 15 is 0 Å². The lowest BCUT2D eigenvalue weighted by atomic mass is 9.79. The van der Waals surface area contributed by atoms with Crippen molar-refractivity contribution in [3.05, 3.63) is 0 Å². The molecular formula is C14H31NS. The third kappa shape index (κ3) is 8.46. The van der Waals surface area contributed by atoms with Gasteiger partial charge in [-0.05, 0) is 56.6 Å². The minimum Gasteiger partial charge on any atom is -0.312 e. The molecule has 0 fully saturated rings. The molecule has 0 saturated carbocycles. The third-order valence-corrected chi connectivity index (χ3v) is 3.85. The summed E-state index contributed by atoms with van der Waals surface area (Å²) in [6, 6.07) is 0. The maximum absolute atomic E-state index is 3.65. The van der Waals surface area contributed by atoms with Crippen molar-refractivity contribution in [2.75, 3.05) is 18.1 Å². The standard InChI is InChI=1S/C14H31NS/c1-8-16-10-9-12(13(2,3)4)11-15-14(5,6)7/h12,15H,8-11H2,1-7H3. The van der Waals surface area contributed by atoms with Crippen LogP contribution in [0.3, 0.4) is 0 Å². The summed E-state index contributed by atoms with van der Waals surface area (Å²) in [5.41, 5.74) is 0.647. The summed E-state index contributed by atoms with van der Waals surface area (Å²) in [7, 11) is 0. The molecule has 98 valence electrons. The molecule has 0 aromatic rings. The zero-order valence-electron chi connectivity index (χ0n) is 12.3. The number of hydrogen-bond donors (Lipinski definition) is 1. The molecule has 0 radical (unpaired) electrons. The quantitative estimate of drug-likeness (QED) is 0.705. The molecule has 0 amide bonds. The Morgan fingerprint density at radius 2 is 1.62 bits per heavy atom. The highest BCUT2D eigenvalue weighted by Crippen LogP contribution is 2.29. The first-order valence-corrected chi connectivity index (χ1v) is 7.65. The van der Waals surface area contributed by atoms with Crippen LogP contribution in [0.25, 0.3) is 0 Å². The fourth-order valence-electron chi connectivity index (χ4n) is 1.64. The second-order valence-corrected chi connectivity index (χ2v) is 8.07. The van der Waals surface area contributed by atoms with Crippen molar-refractivity contribution >= 4 is 11.8 Å². The van der Waals surface area contributed by atoms with Crippen molar-refractivity contribution in [2.45, 2.75) is 60.4 Å². The van der Waals surface area contributed by atoms with Crippen LogP contribution in [-0.4, -0.2) is 23.6 Å². The Morgan fingerprint density at radius 3 is 2.00 bits per heavy atom. The van der Waals surface area contributed by atoms with E-state index in [2.05, 4.69) is 65.5 Å². The van der Waals surface area contributed by atoms with Crippen LogP contribution in [0.5, 0.6) is 0 Å². The van der Waals surface area contributed by atoms with Gasteiger partial charge in [-0.25, -0.2) is 0 Å². The molecule has 1 N–H and O–H groups in total. The molecule has 0 saturated heterocycles. The Kier molecular flexibility index (Phi) is 7.04. The van der Waals surface area contributed by atoms with Gasteiger partial charge in [0, 0.05) is 5.54 Å². The molecule has 0 spiro atoms. The number of thioether (sulfide) groups is 1. The van der Waals surface area contributed by atoms with Gasteiger partial charge in [-0.15, -0.1) is 0 Å². The molecule has 0 heterocycles. The second-order valence-electron chi connectivity index (χ2n) is 6.68. The van der Waals surface area contributed by atoms with Crippen LogP contribution in [-0.2, 0) is 0 Å². The van der Waals surface area contributed by atoms with Crippen LogP contribution in [0.4, 0.5) is 0 Å². The molecule has 0 aliphatic carbocycles. The molecule has 0 aromatic heterocycles. The molecule has 0 aliphatic heterocycles. The van der Waals surface area contributed by atoms with Crippen LogP contribution in [0.2, 0.25) is 0 Å². The molecule has 2 heteroatoms. The van der Waals surface area contributed by atoms with Gasteiger partial charge in [-0.2, -0.15) is 11.8 Å². The monoisotopic (exact) mass is 245 g/mol. The number of hydrogen-bond acceptors (Lipinski definition) is 2. The first-order chi connectivity index (χ1) is 7.17. The molecule has 16 heavy (non-hydrogen) atoms. The second kappa shape index (κ2) is 6.90. The predicted molar refractivity (Wildman–Crippen MR) is 78.3 cm³/mol. The maximum atomic E-state index is 3.65. The van der Waals surface area contributed by atoms with E-state index in [4.69, 9.17) is 0 Å². The summed E-state index contributed by atoms with van der Waals surface area (Å²) in [6.07, 6.45) is 1.32. The van der Waals surface area contributed by atoms with Crippen LogP contribution in [0.15, 0.2) is 0 Å². The average molecular weight is 245 g/mol. The molecule has 1 atom stereocenters. The number of nitrogens with one attached hydrogen (secondary N) is 1. The average Bonchev–Trinajstić information content (AvgIpc) is 2.07. The van der Waals surface area contributed by atoms with Gasteiger partial charge in [-0.1, -0.05) is 27.7 Å². The van der Waals surface area contributed by atoms with Gasteiger partial charge < -0.3 is 5.32 Å². The van der Waals surface area contributed by atoms with Crippen molar-refractivity contribution in [3.63, 3.8) is 0 Å². The topological polar surface area (TPSA) is 12.0 Å². The summed E-state index contributed by atoms with van der Waals surface area (Å²) in [5, 5.41) is 3.65. The van der Waals surface area contributed by atoms with Crippen molar-refractivity contribution < 1.29 is 0 Å². The van der Waals surface area contributed by atoms with Gasteiger partial charge in [0.05, 0.1) is 0 Å². The van der Waals surface area contributed by atoms with Gasteiger partial charge in [-0.3, -0.25) is 0 Å². The van der Waals surface area contributed by atoms with Crippen LogP contribution >= 0.6 is 11.8 Å². The Morgan fingerprint density at radius 1 is 1.06 bits per heavy atom. The summed E-state index contributed by atoms with van der Waals surface area (Å²) in [4.78, 5) is 0. The SMILES string of the molecule is CCSCCC(CNC(C)(C)C)C(C)(C)C. The van der Waals surface area contributed by atoms with Gasteiger partial charge in [0.2, 0.25) is 0 Å². The van der Waals surface area contributed by atoms with Crippen molar-refractivity contribution in [1.82, 2.24) is 5.32 Å². The van der Waals surface area contributed by atoms with Gasteiger partial charge in [0.25, 0.3) is 0 Å². The third-order valence-electron chi connectivity index (χ3n) is 2.92. The van der Waals surface area contributed by atoms with E-state index in [-0.39, 0.29) is 5.54 Å². The summed E-state index contributed by atoms with van der Waals surface area (Å²) in [5.74, 6) is 3.30. The highest BCUT2D eigenvalue weighted by atomic mass is 32.2. The highest BCUT2D eigenvalue weighted by Gasteiger charge is 2.25. The van der Waals surface area contributed by atoms with Crippen molar-refractivity contribution in [2.24, 2.45) is 11.3 Å². The maximum Gasteiger partial charge on any atom is 0.00966 e. The highest BCUT2D eigenvalue weighted by molar-refractivity contribution is 7.99. The zero-order chi connectivity index (χ0) is 12.8. The van der Waals surface area contributed by atoms with Crippen LogP contribution < -0.4 is 5.32 Å². The smallest absolute Gasteiger partial charge is 0.00966 e. The first-order valence-electron chi connectivity index (χ1n) is 6.49. The Hall–Kier alpha value is 0.310. The van der Waals surface area contributed by atoms with E-state index in [9.17, 15) is 0 Å². The van der Waals surface area contributed by atoms with E-state index in [0.29, 0.717) is 5.41 Å². The lowest BCUT2D eigenvalue weighted by Crippen LogP contribution is -2.42. The normalized spacial score (nSPS) is 15.2. The van der Waals surface area contributed by atoms with E-state index < -0.39 is 0 Å². The first kappa shape index (κ1) is 16.3. The number of rotatable bonds is 6. The van der Waals surface area contributed by atoms with Crippen LogP contribution in [0, 0.1) is 11.3 Å². The molecule has 1 unspecified atom stereocenters.